The summed E-state index contributed by atoms with van der Waals surface area (Å²) in [5, 5.41) is 31.0. The molecule has 1 amide bonds. The second-order valence-electron chi connectivity index (χ2n) is 13.3. The van der Waals surface area contributed by atoms with Crippen LogP contribution in [-0.2, 0) is 22.7 Å². The number of aliphatic hydroxyl groups is 2. The van der Waals surface area contributed by atoms with Crippen molar-refractivity contribution in [2.45, 2.75) is 44.1 Å². The first-order chi connectivity index (χ1) is 21.1. The van der Waals surface area contributed by atoms with Crippen molar-refractivity contribution in [3.8, 4) is 0 Å². The van der Waals surface area contributed by atoms with E-state index >= 15 is 0 Å². The van der Waals surface area contributed by atoms with E-state index in [0.717, 1.165) is 63.0 Å². The molecule has 3 aromatic rings. The monoisotopic (exact) mass is 973 g/mol. The van der Waals surface area contributed by atoms with E-state index in [0.29, 0.717) is 5.57 Å². The van der Waals surface area contributed by atoms with Gasteiger partial charge in [-0.1, -0.05) is 48.2 Å². The maximum Gasteiger partial charge on any atom is 0.352 e. The fraction of sp³-hybridized carbons (Fsp3) is 0.531. The molecule has 47 heavy (non-hydrogen) atoms. The molecule has 5 aliphatic heterocycles. The highest BCUT2D eigenvalue weighted by Crippen LogP contribution is 2.51. The quantitative estimate of drug-likeness (QED) is 0.0615. The Hall–Kier alpha value is -0.800. The number of carbonyl (C=O) groups is 2. The van der Waals surface area contributed by atoms with Gasteiger partial charge in [0.2, 0.25) is 15.8 Å². The third-order valence-corrected chi connectivity index (χ3v) is 12.9. The summed E-state index contributed by atoms with van der Waals surface area (Å²) >= 11 is 3.24. The van der Waals surface area contributed by atoms with Gasteiger partial charge in [-0.3, -0.25) is 4.79 Å². The van der Waals surface area contributed by atoms with Crippen LogP contribution in [0, 0.1) is 11.8 Å². The number of aliphatic carboxylic acids is 1. The van der Waals surface area contributed by atoms with Crippen molar-refractivity contribution < 1.29 is 103 Å². The second-order valence-corrected chi connectivity index (χ2v) is 15.2. The SMILES string of the molecule is CSc1c2sc(C3=C(C(=O)O)N4C(=O)[C@H]([C@@H](C)O)[C@H]4[C@H]3C)cn2c[n+]1Cc1cccc(C[N+]23CC[N+](CCO)(CC2)CC3)c1.[Br-].[I-].[I-]. The number of nitrogens with zero attached hydrogens (tertiary/aromatic N) is 5. The Kier molecular flexibility index (Phi) is 12.3. The van der Waals surface area contributed by atoms with Crippen molar-refractivity contribution >= 4 is 45.4 Å². The molecule has 0 saturated carbocycles. The fourth-order valence-electron chi connectivity index (χ4n) is 8.41. The third-order valence-electron chi connectivity index (χ3n) is 10.8. The lowest BCUT2D eigenvalue weighted by molar-refractivity contribution is -1.09. The summed E-state index contributed by atoms with van der Waals surface area (Å²) in [6.45, 7) is 13.6. The number of hydrogen-bond acceptors (Lipinski definition) is 6. The van der Waals surface area contributed by atoms with Gasteiger partial charge in [-0.05, 0) is 24.8 Å². The Morgan fingerprint density at radius 3 is 2.36 bits per heavy atom. The first-order valence-electron chi connectivity index (χ1n) is 15.5. The number of thioether (sulfide) groups is 1. The van der Waals surface area contributed by atoms with Crippen LogP contribution in [-0.4, -0.2) is 116 Å². The molecule has 0 radical (unpaired) electrons. The Labute approximate surface area is 328 Å². The van der Waals surface area contributed by atoms with E-state index in [1.807, 2.05) is 13.1 Å². The van der Waals surface area contributed by atoms with Gasteiger partial charge in [-0.2, -0.15) is 4.40 Å². The van der Waals surface area contributed by atoms with Crippen molar-refractivity contribution in [1.29, 1.82) is 0 Å². The molecule has 8 rings (SSSR count). The number of aliphatic hydroxyl groups excluding tert-OH is 2. The van der Waals surface area contributed by atoms with E-state index in [4.69, 9.17) is 0 Å². The van der Waals surface area contributed by atoms with Crippen LogP contribution in [0.25, 0.3) is 10.4 Å². The maximum absolute atomic E-state index is 12.8. The number of rotatable bonds is 10. The van der Waals surface area contributed by atoms with Gasteiger partial charge in [0.25, 0.3) is 6.33 Å². The summed E-state index contributed by atoms with van der Waals surface area (Å²) in [6.07, 6.45) is 5.33. The molecular formula is C32H42BrI2N5O5S2. The first kappa shape index (κ1) is 39.0. The molecule has 5 aliphatic rings. The van der Waals surface area contributed by atoms with Crippen molar-refractivity contribution in [1.82, 2.24) is 9.30 Å². The van der Waals surface area contributed by atoms with Gasteiger partial charge in [-0.25, -0.2) is 9.36 Å². The topological polar surface area (TPSA) is 106 Å². The van der Waals surface area contributed by atoms with Gasteiger partial charge in [0.05, 0.1) is 29.5 Å². The summed E-state index contributed by atoms with van der Waals surface area (Å²) in [7, 11) is 0. The van der Waals surface area contributed by atoms with Crippen LogP contribution in [0.3, 0.4) is 0 Å². The summed E-state index contributed by atoms with van der Waals surface area (Å²) in [4.78, 5) is 28.5. The molecule has 0 spiro atoms. The highest BCUT2D eigenvalue weighted by molar-refractivity contribution is 7.98. The summed E-state index contributed by atoms with van der Waals surface area (Å²) < 4.78 is 6.58. The van der Waals surface area contributed by atoms with E-state index in [1.165, 1.54) is 35.7 Å². The summed E-state index contributed by atoms with van der Waals surface area (Å²) in [6, 6.07) is 8.64. The van der Waals surface area contributed by atoms with Crippen LogP contribution < -0.4 is 69.5 Å². The lowest BCUT2D eigenvalue weighted by Gasteiger charge is -2.55. The molecule has 0 aliphatic carbocycles. The van der Waals surface area contributed by atoms with Crippen LogP contribution in [0.2, 0.25) is 0 Å². The number of carboxylic acid groups (broad SMARTS) is 1. The summed E-state index contributed by atoms with van der Waals surface area (Å²) in [5.74, 6) is -2.17. The molecule has 1 aromatic carbocycles. The number of benzene rings is 1. The lowest BCUT2D eigenvalue weighted by Crippen LogP contribution is -3.00. The van der Waals surface area contributed by atoms with E-state index in [1.54, 1.807) is 30.0 Å². The van der Waals surface area contributed by atoms with Gasteiger partial charge in [0, 0.05) is 17.1 Å². The van der Waals surface area contributed by atoms with Crippen LogP contribution in [0.1, 0.15) is 29.9 Å². The number of halogens is 3. The molecule has 2 bridgehead atoms. The van der Waals surface area contributed by atoms with Gasteiger partial charge >= 0.3 is 5.97 Å². The standard InChI is InChI=1S/C32H41N5O5S2.BrH.2HI/c1-20-25(28(32(41)42)35-27(20)26(21(2)39)29(35)40)24-17-34-19-33(30(43-3)31(34)44-24)16-22-5-4-6-23(15-22)18-37-10-7-36(8-11-37,9-12-37)13-14-38;;;/h4-6,15,17,19-21,26-27,38-39H,7-14,16,18H2,1-3H3;3*1H/q+2;;;/p-2/t20-,21+,26+,27+,36?,37?;;;/m0.../s1. The highest BCUT2D eigenvalue weighted by atomic mass is 127. The number of piperazine rings is 3. The number of quaternary nitrogens is 2. The number of amides is 1. The average molecular weight is 975 g/mol. The minimum absolute atomic E-state index is 0. The minimum atomic E-state index is -1.10. The number of carbonyl (C=O) groups excluding carboxylic acids is 1. The molecule has 0 unspecified atom stereocenters. The Bertz CT molecular complexity index is 1670. The van der Waals surface area contributed by atoms with Gasteiger partial charge in [0.1, 0.15) is 70.8 Å². The number of carboxylic acids is 1. The molecule has 3 N–H and O–H groups in total. The second kappa shape index (κ2) is 14.8. The first-order valence-corrected chi connectivity index (χ1v) is 17.6. The Morgan fingerprint density at radius 2 is 1.77 bits per heavy atom. The predicted octanol–water partition coefficient (Wildman–Crippen LogP) is -7.12. The van der Waals surface area contributed by atoms with Crippen molar-refractivity contribution in [2.75, 3.05) is 58.7 Å². The number of aromatic nitrogens is 2. The number of β-lactam (4-membered cyclic amide) rings is 1. The van der Waals surface area contributed by atoms with Gasteiger partial charge in [-0.15, -0.1) is 0 Å². The van der Waals surface area contributed by atoms with Crippen molar-refractivity contribution in [3.63, 3.8) is 0 Å². The smallest absolute Gasteiger partial charge is 0.352 e. The zero-order valence-electron chi connectivity index (χ0n) is 26.7. The largest absolute Gasteiger partial charge is 1.00 e. The molecule has 4 saturated heterocycles. The fourth-order valence-corrected chi connectivity index (χ4v) is 10.6. The Balaban J connectivity index is 0.00000167. The average Bonchev–Trinajstić information content (AvgIpc) is 3.61. The highest BCUT2D eigenvalue weighted by Gasteiger charge is 2.60. The zero-order chi connectivity index (χ0) is 31.0. The molecule has 15 heteroatoms. The number of fused-ring (bicyclic) bond motifs is 5. The normalized spacial score (nSPS) is 28.3. The number of thiazole rings is 1. The number of hydrogen-bond donors (Lipinski definition) is 3. The van der Waals surface area contributed by atoms with Crippen LogP contribution in [0.4, 0.5) is 0 Å². The lowest BCUT2D eigenvalue weighted by atomic mass is 9.77. The van der Waals surface area contributed by atoms with Crippen molar-refractivity contribution in [2.24, 2.45) is 11.8 Å². The van der Waals surface area contributed by atoms with Gasteiger partial charge in [0.15, 0.2) is 0 Å². The van der Waals surface area contributed by atoms with E-state index in [9.17, 15) is 24.9 Å². The molecule has 4 fully saturated rings. The van der Waals surface area contributed by atoms with Crippen LogP contribution >= 0.6 is 23.1 Å². The van der Waals surface area contributed by atoms with E-state index in [2.05, 4.69) is 45.8 Å². The molecule has 10 nitrogen and oxygen atoms in total. The molecule has 7 heterocycles. The third kappa shape index (κ3) is 6.58. The molecule has 4 atom stereocenters. The summed E-state index contributed by atoms with van der Waals surface area (Å²) in [5.41, 5.74) is 3.36. The molecule has 2 aromatic heterocycles. The molecular weight excluding hydrogens is 932 g/mol. The Morgan fingerprint density at radius 1 is 1.13 bits per heavy atom. The van der Waals surface area contributed by atoms with E-state index < -0.39 is 18.0 Å². The van der Waals surface area contributed by atoms with Crippen molar-refractivity contribution in [3.05, 3.63) is 58.5 Å². The van der Waals surface area contributed by atoms with E-state index in [-0.39, 0.29) is 95.1 Å². The van der Waals surface area contributed by atoms with Gasteiger partial charge < -0.3 is 94.1 Å². The zero-order valence-corrected chi connectivity index (χ0v) is 34.2. The van der Waals surface area contributed by atoms with Crippen LogP contribution in [0.15, 0.2) is 47.5 Å². The number of imidazole rings is 1. The van der Waals surface area contributed by atoms with Crippen LogP contribution in [0.5, 0.6) is 0 Å². The predicted molar refractivity (Wildman–Crippen MR) is 168 cm³/mol. The minimum Gasteiger partial charge on any atom is -1.00 e. The maximum atomic E-state index is 12.8. The molecule has 258 valence electrons.